The lowest BCUT2D eigenvalue weighted by Gasteiger charge is -2.41. The molecule has 106 valence electrons. The molecule has 1 aliphatic heterocycles. The van der Waals surface area contributed by atoms with E-state index in [4.69, 9.17) is 0 Å². The van der Waals surface area contributed by atoms with Crippen molar-refractivity contribution in [2.75, 3.05) is 6.54 Å². The molecule has 0 bridgehead atoms. The van der Waals surface area contributed by atoms with E-state index >= 15 is 0 Å². The van der Waals surface area contributed by atoms with Crippen LogP contribution in [0.15, 0.2) is 24.3 Å². The third-order valence-electron chi connectivity index (χ3n) is 4.32. The number of benzene rings is 1. The van der Waals surface area contributed by atoms with Crippen LogP contribution in [0.3, 0.4) is 0 Å². The lowest BCUT2D eigenvalue weighted by atomic mass is 9.96. The van der Waals surface area contributed by atoms with Gasteiger partial charge in [0.25, 0.3) is 0 Å². The van der Waals surface area contributed by atoms with Crippen LogP contribution in [0, 0.1) is 5.92 Å². The molecular formula is C16H20N2O2. The SMILES string of the molecule is CC(C)C1C(=O)NCC(=O)N1C1Cc2ccccc2C1. The molecule has 1 saturated heterocycles. The standard InChI is InChI=1S/C16H20N2O2/c1-10(2)15-16(20)17-9-14(19)18(15)13-7-11-5-3-4-6-12(11)8-13/h3-6,10,13,15H,7-9H2,1-2H3,(H,17,20). The molecule has 1 aromatic rings. The number of hydrogen-bond donors (Lipinski definition) is 1. The second kappa shape index (κ2) is 4.93. The Balaban J connectivity index is 1.88. The van der Waals surface area contributed by atoms with Gasteiger partial charge in [0.2, 0.25) is 11.8 Å². The molecule has 4 heteroatoms. The summed E-state index contributed by atoms with van der Waals surface area (Å²) in [4.78, 5) is 26.3. The van der Waals surface area contributed by atoms with E-state index in [1.54, 1.807) is 0 Å². The second-order valence-corrected chi connectivity index (χ2v) is 6.04. The third-order valence-corrected chi connectivity index (χ3v) is 4.32. The van der Waals surface area contributed by atoms with Crippen molar-refractivity contribution in [1.29, 1.82) is 0 Å². The molecule has 1 N–H and O–H groups in total. The Bertz CT molecular complexity index is 528. The van der Waals surface area contributed by atoms with Gasteiger partial charge in [0.05, 0.1) is 6.54 Å². The first-order valence-electron chi connectivity index (χ1n) is 7.23. The predicted octanol–water partition coefficient (Wildman–Crippen LogP) is 1.14. The number of fused-ring (bicyclic) bond motifs is 1. The second-order valence-electron chi connectivity index (χ2n) is 6.04. The van der Waals surface area contributed by atoms with Gasteiger partial charge in [0, 0.05) is 6.04 Å². The van der Waals surface area contributed by atoms with E-state index in [9.17, 15) is 9.59 Å². The first kappa shape index (κ1) is 13.2. The molecule has 1 fully saturated rings. The van der Waals surface area contributed by atoms with E-state index in [1.165, 1.54) is 11.1 Å². The van der Waals surface area contributed by atoms with Crippen molar-refractivity contribution in [3.05, 3.63) is 35.4 Å². The van der Waals surface area contributed by atoms with Crippen LogP contribution in [-0.2, 0) is 22.4 Å². The molecule has 0 aromatic heterocycles. The molecule has 3 rings (SSSR count). The molecular weight excluding hydrogens is 252 g/mol. The summed E-state index contributed by atoms with van der Waals surface area (Å²) in [6.07, 6.45) is 1.72. The maximum absolute atomic E-state index is 12.3. The minimum Gasteiger partial charge on any atom is -0.345 e. The van der Waals surface area contributed by atoms with Gasteiger partial charge in [-0.1, -0.05) is 38.1 Å². The number of amides is 2. The number of carbonyl (C=O) groups is 2. The first-order valence-corrected chi connectivity index (χ1v) is 7.23. The molecule has 1 heterocycles. The highest BCUT2D eigenvalue weighted by molar-refractivity contribution is 5.95. The highest BCUT2D eigenvalue weighted by atomic mass is 16.2. The van der Waals surface area contributed by atoms with E-state index in [0.29, 0.717) is 0 Å². The summed E-state index contributed by atoms with van der Waals surface area (Å²) in [6.45, 7) is 4.13. The summed E-state index contributed by atoms with van der Waals surface area (Å²) in [7, 11) is 0. The molecule has 20 heavy (non-hydrogen) atoms. The van der Waals surface area contributed by atoms with Crippen LogP contribution in [0.1, 0.15) is 25.0 Å². The predicted molar refractivity (Wildman–Crippen MR) is 76.1 cm³/mol. The number of rotatable bonds is 2. The molecule has 1 unspecified atom stereocenters. The van der Waals surface area contributed by atoms with Crippen molar-refractivity contribution in [2.45, 2.75) is 38.8 Å². The highest BCUT2D eigenvalue weighted by Gasteiger charge is 2.42. The number of nitrogens with zero attached hydrogens (tertiary/aromatic N) is 1. The number of piperazine rings is 1. The van der Waals surface area contributed by atoms with Gasteiger partial charge in [0.1, 0.15) is 6.04 Å². The molecule has 0 spiro atoms. The van der Waals surface area contributed by atoms with Crippen molar-refractivity contribution in [3.8, 4) is 0 Å². The smallest absolute Gasteiger partial charge is 0.243 e. The van der Waals surface area contributed by atoms with Gasteiger partial charge in [-0.15, -0.1) is 0 Å². The summed E-state index contributed by atoms with van der Waals surface area (Å²) < 4.78 is 0. The number of carbonyl (C=O) groups excluding carboxylic acids is 2. The fourth-order valence-electron chi connectivity index (χ4n) is 3.43. The van der Waals surface area contributed by atoms with Gasteiger partial charge in [0.15, 0.2) is 0 Å². The lowest BCUT2D eigenvalue weighted by Crippen LogP contribution is -2.63. The average molecular weight is 272 g/mol. The Labute approximate surface area is 119 Å². The monoisotopic (exact) mass is 272 g/mol. The van der Waals surface area contributed by atoms with Crippen LogP contribution >= 0.6 is 0 Å². The maximum Gasteiger partial charge on any atom is 0.243 e. The molecule has 1 atom stereocenters. The molecule has 1 aromatic carbocycles. The molecule has 2 amide bonds. The summed E-state index contributed by atoms with van der Waals surface area (Å²) in [6, 6.07) is 8.09. The van der Waals surface area contributed by atoms with Crippen LogP contribution in [0.4, 0.5) is 0 Å². The normalized spacial score (nSPS) is 23.1. The van der Waals surface area contributed by atoms with E-state index in [1.807, 2.05) is 30.9 Å². The zero-order valence-electron chi connectivity index (χ0n) is 11.9. The molecule has 0 saturated carbocycles. The van der Waals surface area contributed by atoms with Gasteiger partial charge in [-0.25, -0.2) is 0 Å². The summed E-state index contributed by atoms with van der Waals surface area (Å²) >= 11 is 0. The summed E-state index contributed by atoms with van der Waals surface area (Å²) in [5, 5.41) is 2.71. The summed E-state index contributed by atoms with van der Waals surface area (Å²) in [5.41, 5.74) is 2.61. The minimum absolute atomic E-state index is 0.0180. The Hall–Kier alpha value is -1.84. The van der Waals surface area contributed by atoms with Crippen LogP contribution < -0.4 is 5.32 Å². The van der Waals surface area contributed by atoms with Gasteiger partial charge in [-0.05, 0) is 29.9 Å². The summed E-state index contributed by atoms with van der Waals surface area (Å²) in [5.74, 6) is 0.152. The van der Waals surface area contributed by atoms with E-state index in [-0.39, 0.29) is 36.4 Å². The van der Waals surface area contributed by atoms with Crippen LogP contribution in [0.25, 0.3) is 0 Å². The van der Waals surface area contributed by atoms with Gasteiger partial charge >= 0.3 is 0 Å². The molecule has 0 radical (unpaired) electrons. The Kier molecular flexibility index (Phi) is 3.24. The van der Waals surface area contributed by atoms with Crippen molar-refractivity contribution in [3.63, 3.8) is 0 Å². The Morgan fingerprint density at radius 1 is 1.15 bits per heavy atom. The van der Waals surface area contributed by atoms with Crippen molar-refractivity contribution >= 4 is 11.8 Å². The van der Waals surface area contributed by atoms with Gasteiger partial charge in [-0.2, -0.15) is 0 Å². The fraction of sp³-hybridized carbons (Fsp3) is 0.500. The fourth-order valence-corrected chi connectivity index (χ4v) is 3.43. The topological polar surface area (TPSA) is 49.4 Å². The van der Waals surface area contributed by atoms with E-state index < -0.39 is 0 Å². The Morgan fingerprint density at radius 3 is 2.30 bits per heavy atom. The van der Waals surface area contributed by atoms with Gasteiger partial charge < -0.3 is 10.2 Å². The van der Waals surface area contributed by atoms with Crippen LogP contribution in [-0.4, -0.2) is 35.3 Å². The Morgan fingerprint density at radius 2 is 1.75 bits per heavy atom. The largest absolute Gasteiger partial charge is 0.345 e. The van der Waals surface area contributed by atoms with Gasteiger partial charge in [-0.3, -0.25) is 9.59 Å². The maximum atomic E-state index is 12.3. The zero-order valence-corrected chi connectivity index (χ0v) is 11.9. The van der Waals surface area contributed by atoms with Crippen molar-refractivity contribution < 1.29 is 9.59 Å². The third kappa shape index (κ3) is 2.09. The van der Waals surface area contributed by atoms with Crippen LogP contribution in [0.5, 0.6) is 0 Å². The molecule has 2 aliphatic rings. The molecule has 4 nitrogen and oxygen atoms in total. The number of hydrogen-bond acceptors (Lipinski definition) is 2. The molecule has 1 aliphatic carbocycles. The first-order chi connectivity index (χ1) is 9.58. The quantitative estimate of drug-likeness (QED) is 0.877. The van der Waals surface area contributed by atoms with Crippen molar-refractivity contribution in [2.24, 2.45) is 5.92 Å². The van der Waals surface area contributed by atoms with E-state index in [0.717, 1.165) is 12.8 Å². The average Bonchev–Trinajstić information content (AvgIpc) is 2.83. The van der Waals surface area contributed by atoms with Crippen LogP contribution in [0.2, 0.25) is 0 Å². The zero-order chi connectivity index (χ0) is 14.3. The highest BCUT2D eigenvalue weighted by Crippen LogP contribution is 2.29. The van der Waals surface area contributed by atoms with Crippen molar-refractivity contribution in [1.82, 2.24) is 10.2 Å². The lowest BCUT2D eigenvalue weighted by molar-refractivity contribution is -0.150. The number of nitrogens with one attached hydrogen (secondary N) is 1. The minimum atomic E-state index is -0.337. The van der Waals surface area contributed by atoms with E-state index in [2.05, 4.69) is 17.4 Å².